The van der Waals surface area contributed by atoms with E-state index in [1.165, 1.54) is 25.9 Å². The summed E-state index contributed by atoms with van der Waals surface area (Å²) >= 11 is 0. The van der Waals surface area contributed by atoms with Gasteiger partial charge in [0.15, 0.2) is 5.82 Å². The summed E-state index contributed by atoms with van der Waals surface area (Å²) in [6, 6.07) is 7.35. The molecular formula is C32H46N8O2. The van der Waals surface area contributed by atoms with Crippen LogP contribution in [0.1, 0.15) is 51.1 Å². The average Bonchev–Trinajstić information content (AvgIpc) is 3.02. The minimum atomic E-state index is -0.199. The lowest BCUT2D eigenvalue weighted by atomic mass is 9.93. The van der Waals surface area contributed by atoms with Crippen molar-refractivity contribution in [3.8, 4) is 16.9 Å². The smallest absolute Gasteiger partial charge is 0.151 e. The molecule has 0 atom stereocenters. The number of aromatic nitrogens is 3. The van der Waals surface area contributed by atoms with Crippen LogP contribution in [0.15, 0.2) is 24.4 Å². The fourth-order valence-corrected chi connectivity index (χ4v) is 6.85. The summed E-state index contributed by atoms with van der Waals surface area (Å²) < 4.78 is 5.95. The van der Waals surface area contributed by atoms with Gasteiger partial charge in [-0.3, -0.25) is 4.90 Å². The third-order valence-corrected chi connectivity index (χ3v) is 9.52. The molecule has 0 radical (unpaired) electrons. The predicted octanol–water partition coefficient (Wildman–Crippen LogP) is 3.78. The van der Waals surface area contributed by atoms with Crippen molar-refractivity contribution in [3.05, 3.63) is 30.1 Å². The Morgan fingerprint density at radius 2 is 1.71 bits per heavy atom. The summed E-state index contributed by atoms with van der Waals surface area (Å²) in [5.41, 5.74) is 11.6. The van der Waals surface area contributed by atoms with Crippen LogP contribution in [0, 0.1) is 0 Å². The van der Waals surface area contributed by atoms with Gasteiger partial charge in [-0.05, 0) is 69.7 Å². The molecule has 2 aromatic heterocycles. The Labute approximate surface area is 249 Å². The molecule has 226 valence electrons. The number of methoxy groups -OCH3 is 1. The van der Waals surface area contributed by atoms with Crippen molar-refractivity contribution in [2.45, 2.75) is 70.1 Å². The monoisotopic (exact) mass is 574 g/mol. The van der Waals surface area contributed by atoms with E-state index < -0.39 is 0 Å². The maximum atomic E-state index is 9.95. The van der Waals surface area contributed by atoms with Crippen molar-refractivity contribution in [2.24, 2.45) is 0 Å². The molecule has 6 rings (SSSR count). The fraction of sp³-hybridized carbons (Fsp3) is 0.594. The zero-order valence-corrected chi connectivity index (χ0v) is 25.3. The molecule has 3 fully saturated rings. The highest BCUT2D eigenvalue weighted by molar-refractivity contribution is 5.97. The van der Waals surface area contributed by atoms with Crippen LogP contribution in [0.5, 0.6) is 5.75 Å². The first-order chi connectivity index (χ1) is 20.4. The number of aliphatic hydroxyl groups excluding tert-OH is 1. The van der Waals surface area contributed by atoms with Gasteiger partial charge < -0.3 is 30.7 Å². The quantitative estimate of drug-likeness (QED) is 0.385. The number of nitrogens with zero attached hydrogens (tertiary/aromatic N) is 6. The number of hydrogen-bond acceptors (Lipinski definition) is 10. The molecule has 4 heterocycles. The number of anilines is 3. The van der Waals surface area contributed by atoms with Gasteiger partial charge in [-0.2, -0.15) is 0 Å². The highest BCUT2D eigenvalue weighted by Crippen LogP contribution is 2.38. The standard InChI is InChI=1S/C32H46N8O2/c1-4-26-32(35-22-6-8-24(41)9-7-22)37-29-25(20-34-31(33)30(29)36-26)21-5-10-27(28(19-21)42-3)40-13-11-23(12-14-40)39-17-15-38(2)16-18-39/h5,10,19-20,22-24,41H,4,6-9,11-18H2,1-3H3,(H2,33,34)(H,35,37)/t22-,24+. The second-order valence-electron chi connectivity index (χ2n) is 12.2. The average molecular weight is 575 g/mol. The van der Waals surface area contributed by atoms with Gasteiger partial charge in [0, 0.05) is 63.1 Å². The Kier molecular flexibility index (Phi) is 8.65. The Hall–Kier alpha value is -3.21. The minimum Gasteiger partial charge on any atom is -0.495 e. The maximum Gasteiger partial charge on any atom is 0.151 e. The fourth-order valence-electron chi connectivity index (χ4n) is 6.85. The first kappa shape index (κ1) is 28.9. The van der Waals surface area contributed by atoms with Crippen LogP contribution in [0.25, 0.3) is 22.2 Å². The number of aliphatic hydroxyl groups is 1. The van der Waals surface area contributed by atoms with Gasteiger partial charge in [0.1, 0.15) is 22.6 Å². The SMILES string of the molecule is CCc1nc2c(N)ncc(-c3ccc(N4CCC(N5CCN(C)CC5)CC4)c(OC)c3)c2nc1N[C@H]1CC[C@@H](O)CC1. The molecule has 0 spiro atoms. The second-order valence-corrected chi connectivity index (χ2v) is 12.2. The van der Waals surface area contributed by atoms with Crippen LogP contribution in [-0.4, -0.2) is 101 Å². The number of fused-ring (bicyclic) bond motifs is 1. The molecular weight excluding hydrogens is 528 g/mol. The summed E-state index contributed by atoms with van der Waals surface area (Å²) in [5.74, 6) is 2.04. The molecule has 2 aliphatic heterocycles. The van der Waals surface area contributed by atoms with Gasteiger partial charge >= 0.3 is 0 Å². The van der Waals surface area contributed by atoms with Crippen molar-refractivity contribution in [2.75, 3.05) is 69.4 Å². The number of rotatable bonds is 7. The molecule has 1 saturated carbocycles. The Morgan fingerprint density at radius 3 is 2.40 bits per heavy atom. The number of pyridine rings is 1. The lowest BCUT2D eigenvalue weighted by Gasteiger charge is -2.42. The molecule has 10 nitrogen and oxygen atoms in total. The minimum absolute atomic E-state index is 0.199. The van der Waals surface area contributed by atoms with Crippen molar-refractivity contribution in [3.63, 3.8) is 0 Å². The van der Waals surface area contributed by atoms with E-state index in [-0.39, 0.29) is 12.1 Å². The number of benzene rings is 1. The molecule has 1 aliphatic carbocycles. The summed E-state index contributed by atoms with van der Waals surface area (Å²) in [6.45, 7) is 8.80. The van der Waals surface area contributed by atoms with E-state index in [9.17, 15) is 5.11 Å². The number of nitrogens with one attached hydrogen (secondary N) is 1. The van der Waals surface area contributed by atoms with Crippen molar-refractivity contribution < 1.29 is 9.84 Å². The lowest BCUT2D eigenvalue weighted by Crippen LogP contribution is -2.52. The Balaban J connectivity index is 1.26. The van der Waals surface area contributed by atoms with Crippen LogP contribution in [0.2, 0.25) is 0 Å². The Morgan fingerprint density at radius 1 is 0.976 bits per heavy atom. The Bertz CT molecular complexity index is 1380. The molecule has 1 aromatic carbocycles. The zero-order valence-electron chi connectivity index (χ0n) is 25.3. The molecule has 3 aromatic rings. The van der Waals surface area contributed by atoms with Crippen LogP contribution in [-0.2, 0) is 6.42 Å². The molecule has 0 amide bonds. The number of hydrogen-bond donors (Lipinski definition) is 3. The van der Waals surface area contributed by atoms with Gasteiger partial charge in [-0.15, -0.1) is 0 Å². The third-order valence-electron chi connectivity index (χ3n) is 9.52. The van der Waals surface area contributed by atoms with E-state index in [0.717, 1.165) is 97.9 Å². The van der Waals surface area contributed by atoms with E-state index in [1.807, 2.05) is 0 Å². The predicted molar refractivity (Wildman–Crippen MR) is 169 cm³/mol. The first-order valence-electron chi connectivity index (χ1n) is 15.7. The molecule has 4 N–H and O–H groups in total. The van der Waals surface area contributed by atoms with Crippen LogP contribution >= 0.6 is 0 Å². The van der Waals surface area contributed by atoms with Gasteiger partial charge in [-0.25, -0.2) is 15.0 Å². The van der Waals surface area contributed by atoms with E-state index in [0.29, 0.717) is 17.4 Å². The first-order valence-corrected chi connectivity index (χ1v) is 15.7. The van der Waals surface area contributed by atoms with Gasteiger partial charge in [-0.1, -0.05) is 13.0 Å². The number of piperidine rings is 1. The molecule has 2 saturated heterocycles. The van der Waals surface area contributed by atoms with Crippen LogP contribution in [0.4, 0.5) is 17.3 Å². The summed E-state index contributed by atoms with van der Waals surface area (Å²) in [6.07, 6.45) is 8.13. The summed E-state index contributed by atoms with van der Waals surface area (Å²) in [4.78, 5) is 22.1. The number of likely N-dealkylation sites (N-methyl/N-ethyl adjacent to an activating group) is 1. The van der Waals surface area contributed by atoms with E-state index in [1.54, 1.807) is 13.3 Å². The number of piperazine rings is 1. The van der Waals surface area contributed by atoms with Gasteiger partial charge in [0.25, 0.3) is 0 Å². The maximum absolute atomic E-state index is 9.95. The highest BCUT2D eigenvalue weighted by Gasteiger charge is 2.28. The normalized spacial score (nSPS) is 22.9. The number of ether oxygens (including phenoxy) is 1. The molecule has 10 heteroatoms. The molecule has 3 aliphatic rings. The van der Waals surface area contributed by atoms with Crippen molar-refractivity contribution in [1.82, 2.24) is 24.8 Å². The van der Waals surface area contributed by atoms with Gasteiger partial charge in [0.05, 0.1) is 24.6 Å². The third kappa shape index (κ3) is 5.98. The van der Waals surface area contributed by atoms with Crippen LogP contribution < -0.4 is 20.7 Å². The van der Waals surface area contributed by atoms with E-state index in [4.69, 9.17) is 20.4 Å². The van der Waals surface area contributed by atoms with E-state index >= 15 is 0 Å². The second kappa shape index (κ2) is 12.6. The zero-order chi connectivity index (χ0) is 29.2. The number of aryl methyl sites for hydroxylation is 1. The van der Waals surface area contributed by atoms with Crippen molar-refractivity contribution >= 4 is 28.4 Å². The molecule has 42 heavy (non-hydrogen) atoms. The van der Waals surface area contributed by atoms with E-state index in [2.05, 4.69) is 57.2 Å². The van der Waals surface area contributed by atoms with Gasteiger partial charge in [0.2, 0.25) is 0 Å². The largest absolute Gasteiger partial charge is 0.495 e. The number of nitrogen functional groups attached to an aromatic ring is 1. The molecule has 0 bridgehead atoms. The highest BCUT2D eigenvalue weighted by atomic mass is 16.5. The van der Waals surface area contributed by atoms with Crippen LogP contribution in [0.3, 0.4) is 0 Å². The molecule has 0 unspecified atom stereocenters. The summed E-state index contributed by atoms with van der Waals surface area (Å²) in [5, 5.41) is 13.6. The lowest BCUT2D eigenvalue weighted by molar-refractivity contribution is 0.0981. The summed E-state index contributed by atoms with van der Waals surface area (Å²) in [7, 11) is 3.96. The topological polar surface area (TPSA) is 116 Å². The van der Waals surface area contributed by atoms with Crippen molar-refractivity contribution in [1.29, 1.82) is 0 Å². The number of nitrogens with two attached hydrogens (primary N) is 1.